The number of benzene rings is 2. The molecule has 1 aliphatic heterocycles. The lowest BCUT2D eigenvalue weighted by atomic mass is 10.0. The van der Waals surface area contributed by atoms with Crippen molar-refractivity contribution in [3.05, 3.63) is 72.3 Å². The maximum atomic E-state index is 12.8. The van der Waals surface area contributed by atoms with Crippen molar-refractivity contribution in [2.24, 2.45) is 0 Å². The Hall–Kier alpha value is -3.67. The second kappa shape index (κ2) is 7.15. The number of aromatic nitrogens is 1. The fourth-order valence-electron chi connectivity index (χ4n) is 3.17. The lowest BCUT2D eigenvalue weighted by Crippen LogP contribution is -2.47. The minimum atomic E-state index is -0.689. The van der Waals surface area contributed by atoms with Crippen molar-refractivity contribution in [1.82, 2.24) is 4.98 Å². The van der Waals surface area contributed by atoms with Gasteiger partial charge < -0.3 is 10.5 Å². The van der Waals surface area contributed by atoms with Gasteiger partial charge in [0.2, 0.25) is 0 Å². The maximum absolute atomic E-state index is 12.8. The molecule has 1 aliphatic rings. The minimum absolute atomic E-state index is 0.124. The first-order chi connectivity index (χ1) is 13.5. The smallest absolute Gasteiger partial charge is 0.269 e. The van der Waals surface area contributed by atoms with E-state index in [0.29, 0.717) is 11.3 Å². The zero-order valence-corrected chi connectivity index (χ0v) is 15.3. The van der Waals surface area contributed by atoms with Crippen LogP contribution in [0.2, 0.25) is 0 Å². The van der Waals surface area contributed by atoms with Crippen LogP contribution < -0.4 is 15.4 Å². The quantitative estimate of drug-likeness (QED) is 0.709. The average Bonchev–Trinajstić information content (AvgIpc) is 2.72. The number of amides is 1. The molecule has 0 radical (unpaired) electrons. The van der Waals surface area contributed by atoms with Crippen LogP contribution in [0.25, 0.3) is 11.1 Å². The van der Waals surface area contributed by atoms with Crippen LogP contribution in [0, 0.1) is 0 Å². The number of anilines is 2. The summed E-state index contributed by atoms with van der Waals surface area (Å²) in [6, 6.07) is 20.5. The molecular weight excluding hydrogens is 354 g/mol. The number of rotatable bonds is 4. The molecule has 0 aliphatic carbocycles. The summed E-state index contributed by atoms with van der Waals surface area (Å²) in [6.07, 6.45) is -0.689. The van der Waals surface area contributed by atoms with E-state index in [-0.39, 0.29) is 29.9 Å². The van der Waals surface area contributed by atoms with E-state index in [1.165, 1.54) is 4.90 Å². The number of pyridine rings is 1. The highest BCUT2D eigenvalue weighted by Gasteiger charge is 2.34. The van der Waals surface area contributed by atoms with Crippen molar-refractivity contribution in [2.45, 2.75) is 13.0 Å². The zero-order chi connectivity index (χ0) is 19.7. The molecule has 0 saturated heterocycles. The van der Waals surface area contributed by atoms with Crippen LogP contribution in [-0.2, 0) is 4.79 Å². The highest BCUT2D eigenvalue weighted by atomic mass is 16.5. The van der Waals surface area contributed by atoms with Gasteiger partial charge in [0.05, 0.1) is 6.54 Å². The number of nitrogen functional groups attached to an aromatic ring is 1. The van der Waals surface area contributed by atoms with Crippen molar-refractivity contribution in [3.63, 3.8) is 0 Å². The Kier molecular flexibility index (Phi) is 4.53. The molecule has 6 nitrogen and oxygen atoms in total. The van der Waals surface area contributed by atoms with Gasteiger partial charge >= 0.3 is 0 Å². The number of nitrogens with zero attached hydrogens (tertiary/aromatic N) is 2. The van der Waals surface area contributed by atoms with Gasteiger partial charge in [0.1, 0.15) is 5.82 Å². The maximum Gasteiger partial charge on any atom is 0.269 e. The monoisotopic (exact) mass is 373 g/mol. The van der Waals surface area contributed by atoms with Gasteiger partial charge in [0.15, 0.2) is 23.5 Å². The largest absolute Gasteiger partial charge is 0.477 e. The van der Waals surface area contributed by atoms with Gasteiger partial charge in [-0.05, 0) is 30.2 Å². The van der Waals surface area contributed by atoms with Crippen LogP contribution in [0.1, 0.15) is 17.3 Å². The molecule has 6 heteroatoms. The summed E-state index contributed by atoms with van der Waals surface area (Å²) in [6.45, 7) is 1.52. The molecule has 3 aromatic rings. The van der Waals surface area contributed by atoms with Crippen molar-refractivity contribution in [2.75, 3.05) is 17.2 Å². The predicted molar refractivity (Wildman–Crippen MR) is 107 cm³/mol. The zero-order valence-electron chi connectivity index (χ0n) is 15.3. The molecule has 2 aromatic carbocycles. The number of carbonyl (C=O) groups excluding carboxylic acids is 2. The summed E-state index contributed by atoms with van der Waals surface area (Å²) in [5.74, 6) is 0.470. The molecule has 1 aromatic heterocycles. The molecule has 1 atom stereocenters. The number of ketones is 1. The lowest BCUT2D eigenvalue weighted by Gasteiger charge is -2.31. The van der Waals surface area contributed by atoms with Gasteiger partial charge in [-0.1, -0.05) is 54.6 Å². The number of hydrogen-bond donors (Lipinski definition) is 1. The second-order valence-electron chi connectivity index (χ2n) is 6.61. The van der Waals surface area contributed by atoms with Gasteiger partial charge in [-0.2, -0.15) is 0 Å². The molecule has 2 N–H and O–H groups in total. The number of carbonyl (C=O) groups is 2. The summed E-state index contributed by atoms with van der Waals surface area (Å²) in [7, 11) is 0. The molecule has 1 unspecified atom stereocenters. The van der Waals surface area contributed by atoms with Crippen LogP contribution in [0.5, 0.6) is 5.75 Å². The Morgan fingerprint density at radius 2 is 1.71 bits per heavy atom. The first-order valence-electron chi connectivity index (χ1n) is 8.96. The Labute approximate surface area is 162 Å². The van der Waals surface area contributed by atoms with E-state index in [1.54, 1.807) is 31.2 Å². The number of hydrogen-bond acceptors (Lipinski definition) is 5. The molecule has 1 amide bonds. The fourth-order valence-corrected chi connectivity index (χ4v) is 3.17. The van der Waals surface area contributed by atoms with Gasteiger partial charge in [-0.3, -0.25) is 14.5 Å². The summed E-state index contributed by atoms with van der Waals surface area (Å²) in [4.78, 5) is 30.9. The van der Waals surface area contributed by atoms with Crippen molar-refractivity contribution < 1.29 is 14.3 Å². The van der Waals surface area contributed by atoms with Crippen molar-refractivity contribution in [1.29, 1.82) is 0 Å². The SMILES string of the molecule is CC1Oc2ccc(N)nc2N(CC(=O)c2ccc(-c3ccccc3)cc2)C1=O. The standard InChI is InChI=1S/C22H19N3O3/c1-14-22(27)25(21-19(28-14)11-12-20(23)24-21)13-18(26)17-9-7-16(8-10-17)15-5-3-2-4-6-15/h2-12,14H,13H2,1H3,(H2,23,24). The number of fused-ring (bicyclic) bond motifs is 1. The van der Waals surface area contributed by atoms with Gasteiger partial charge in [0, 0.05) is 5.56 Å². The van der Waals surface area contributed by atoms with Crippen LogP contribution in [0.15, 0.2) is 66.7 Å². The molecule has 0 fully saturated rings. The topological polar surface area (TPSA) is 85.5 Å². The number of ether oxygens (including phenoxy) is 1. The predicted octanol–water partition coefficient (Wildman–Crippen LogP) is 3.33. The van der Waals surface area contributed by atoms with Crippen LogP contribution in [0.4, 0.5) is 11.6 Å². The van der Waals surface area contributed by atoms with E-state index in [2.05, 4.69) is 4.98 Å². The summed E-state index contributed by atoms with van der Waals surface area (Å²) in [5.41, 5.74) is 8.37. The summed E-state index contributed by atoms with van der Waals surface area (Å²) in [5, 5.41) is 0. The third-order valence-electron chi connectivity index (χ3n) is 4.65. The fraction of sp³-hybridized carbons (Fsp3) is 0.136. The third kappa shape index (κ3) is 3.32. The van der Waals surface area contributed by atoms with Crippen molar-refractivity contribution in [3.8, 4) is 16.9 Å². The highest BCUT2D eigenvalue weighted by Crippen LogP contribution is 2.33. The van der Waals surface area contributed by atoms with Crippen LogP contribution in [0.3, 0.4) is 0 Å². The Bertz CT molecular complexity index is 1030. The van der Waals surface area contributed by atoms with E-state index >= 15 is 0 Å². The lowest BCUT2D eigenvalue weighted by molar-refractivity contribution is -0.125. The molecule has 4 rings (SSSR count). The highest BCUT2D eigenvalue weighted by molar-refractivity contribution is 6.07. The molecule has 0 bridgehead atoms. The van der Waals surface area contributed by atoms with E-state index in [9.17, 15) is 9.59 Å². The normalized spacial score (nSPS) is 15.7. The Morgan fingerprint density at radius 1 is 1.04 bits per heavy atom. The number of nitrogens with two attached hydrogens (primary N) is 1. The first-order valence-corrected chi connectivity index (χ1v) is 8.96. The minimum Gasteiger partial charge on any atom is -0.477 e. The van der Waals surface area contributed by atoms with Crippen molar-refractivity contribution >= 4 is 23.3 Å². The molecule has 140 valence electrons. The van der Waals surface area contributed by atoms with E-state index in [4.69, 9.17) is 10.5 Å². The van der Waals surface area contributed by atoms with Crippen LogP contribution in [-0.4, -0.2) is 29.3 Å². The van der Waals surface area contributed by atoms with Gasteiger partial charge in [-0.15, -0.1) is 0 Å². The summed E-state index contributed by atoms with van der Waals surface area (Å²) < 4.78 is 5.56. The van der Waals surface area contributed by atoms with E-state index < -0.39 is 6.10 Å². The molecule has 0 saturated carbocycles. The third-order valence-corrected chi connectivity index (χ3v) is 4.65. The Morgan fingerprint density at radius 3 is 2.43 bits per heavy atom. The van der Waals surface area contributed by atoms with E-state index in [0.717, 1.165) is 11.1 Å². The average molecular weight is 373 g/mol. The molecule has 2 heterocycles. The Balaban J connectivity index is 1.58. The van der Waals surface area contributed by atoms with E-state index in [1.807, 2.05) is 42.5 Å². The van der Waals surface area contributed by atoms with Gasteiger partial charge in [0.25, 0.3) is 5.91 Å². The second-order valence-corrected chi connectivity index (χ2v) is 6.61. The van der Waals surface area contributed by atoms with Gasteiger partial charge in [-0.25, -0.2) is 4.98 Å². The number of Topliss-reactive ketones (excluding diaryl/α,β-unsaturated/α-hetero) is 1. The molecular formula is C22H19N3O3. The summed E-state index contributed by atoms with van der Waals surface area (Å²) >= 11 is 0. The van der Waals surface area contributed by atoms with Crippen LogP contribution >= 0.6 is 0 Å². The molecule has 0 spiro atoms. The molecule has 28 heavy (non-hydrogen) atoms. The first kappa shape index (κ1) is 17.7.